The van der Waals surface area contributed by atoms with E-state index in [1.54, 1.807) is 41.8 Å². The lowest BCUT2D eigenvalue weighted by atomic mass is 9.73. The molecule has 0 radical (unpaired) electrons. The van der Waals surface area contributed by atoms with Gasteiger partial charge in [0.05, 0.1) is 9.75 Å². The average molecular weight is 617 g/mol. The third kappa shape index (κ3) is 7.13. The summed E-state index contributed by atoms with van der Waals surface area (Å²) in [7, 11) is 1.47. The summed E-state index contributed by atoms with van der Waals surface area (Å²) in [6.45, 7) is -1.55. The summed E-state index contributed by atoms with van der Waals surface area (Å²) in [4.78, 5) is 1.21. The summed E-state index contributed by atoms with van der Waals surface area (Å²) in [5.41, 5.74) is -4.51. The first kappa shape index (κ1) is 31.1. The van der Waals surface area contributed by atoms with Crippen molar-refractivity contribution >= 4 is 22.7 Å². The predicted octanol–water partition coefficient (Wildman–Crippen LogP) is 6.25. The Bertz CT molecular complexity index is 1550. The minimum Gasteiger partial charge on any atom is -0.487 e. The number of benzene rings is 2. The van der Waals surface area contributed by atoms with Gasteiger partial charge in [0.1, 0.15) is 11.5 Å². The van der Waals surface area contributed by atoms with Gasteiger partial charge in [-0.3, -0.25) is 0 Å². The van der Waals surface area contributed by atoms with Crippen molar-refractivity contribution in [1.82, 2.24) is 0 Å². The fraction of sp³-hybridized carbons (Fsp3) is 0.226. The van der Waals surface area contributed by atoms with E-state index in [0.29, 0.717) is 15.5 Å². The quantitative estimate of drug-likeness (QED) is 0.125. The first-order valence-electron chi connectivity index (χ1n) is 12.3. The molecular weight excluding hydrogens is 592 g/mol. The molecule has 11 heteroatoms. The van der Waals surface area contributed by atoms with Crippen LogP contribution in [-0.2, 0) is 15.9 Å². The van der Waals surface area contributed by atoms with E-state index >= 15 is 0 Å². The Kier molecular flexibility index (Phi) is 9.94. The van der Waals surface area contributed by atoms with E-state index in [-0.39, 0.29) is 23.7 Å². The Hall–Kier alpha value is -3.84. The Morgan fingerprint density at radius 2 is 1.19 bits per heavy atom. The molecule has 42 heavy (non-hydrogen) atoms. The Balaban J connectivity index is 1.82. The molecule has 5 nitrogen and oxygen atoms in total. The van der Waals surface area contributed by atoms with Crippen molar-refractivity contribution in [3.05, 3.63) is 104 Å². The minimum atomic E-state index is -4.34. The largest absolute Gasteiger partial charge is 0.487 e. The molecule has 0 saturated carbocycles. The monoisotopic (exact) mass is 616 g/mol. The van der Waals surface area contributed by atoms with Crippen molar-refractivity contribution in [2.45, 2.75) is 23.6 Å². The van der Waals surface area contributed by atoms with Gasteiger partial charge >= 0.3 is 12.3 Å². The second kappa shape index (κ2) is 13.4. The number of rotatable bonds is 10. The van der Waals surface area contributed by atoms with Crippen LogP contribution in [0.2, 0.25) is 0 Å². The zero-order valence-electron chi connectivity index (χ0n) is 22.0. The van der Waals surface area contributed by atoms with Gasteiger partial charge in [0.2, 0.25) is 0 Å². The summed E-state index contributed by atoms with van der Waals surface area (Å²) in [5, 5.41) is 28.2. The highest BCUT2D eigenvalue weighted by molar-refractivity contribution is 7.10. The zero-order valence-corrected chi connectivity index (χ0v) is 23.7. The number of aliphatic hydroxyl groups is 2. The van der Waals surface area contributed by atoms with Crippen molar-refractivity contribution < 1.29 is 42.0 Å². The molecule has 2 atom stereocenters. The molecule has 2 aromatic heterocycles. The number of ether oxygens (including phenoxy) is 3. The van der Waals surface area contributed by atoms with E-state index in [1.165, 1.54) is 66.2 Å². The standard InChI is InChI=1S/C31H24F4O5S2/c1-38-21-40-25-12-8-23(9-13-25)30(37,17-15-27-5-3-19-42-27)29(36,16-14-26-4-2-18-41-26)22-6-10-24(11-7-22)39-20-31(34,35)28(32)33/h2-13,18-19,28,36-37H,20-21H2,1H3. The maximum absolute atomic E-state index is 13.4. The van der Waals surface area contributed by atoms with E-state index in [9.17, 15) is 27.8 Å². The molecule has 4 rings (SSSR count). The van der Waals surface area contributed by atoms with Crippen molar-refractivity contribution in [2.24, 2.45) is 0 Å². The molecule has 4 aromatic rings. The number of alkyl halides is 4. The zero-order chi connectivity index (χ0) is 30.2. The fourth-order valence-corrected chi connectivity index (χ4v) is 4.84. The maximum Gasteiger partial charge on any atom is 0.340 e. The molecule has 0 amide bonds. The molecule has 218 valence electrons. The molecule has 0 aliphatic carbocycles. The first-order valence-corrected chi connectivity index (χ1v) is 14.0. The van der Waals surface area contributed by atoms with Crippen LogP contribution in [0.1, 0.15) is 20.9 Å². The van der Waals surface area contributed by atoms with Gasteiger partial charge in [-0.05, 0) is 47.2 Å². The van der Waals surface area contributed by atoms with Crippen LogP contribution in [0.25, 0.3) is 0 Å². The molecule has 2 N–H and O–H groups in total. The maximum atomic E-state index is 13.4. The van der Waals surface area contributed by atoms with Gasteiger partial charge in [-0.15, -0.1) is 22.7 Å². The summed E-state index contributed by atoms with van der Waals surface area (Å²) in [5.74, 6) is 7.31. The van der Waals surface area contributed by atoms with Crippen LogP contribution >= 0.6 is 22.7 Å². The summed E-state index contributed by atoms with van der Waals surface area (Å²) in [6, 6.07) is 18.2. The SMILES string of the molecule is COCOc1ccc(C(O)(C#Cc2cccs2)C(O)(C#Cc2cccs2)c2ccc(OCC(F)(F)C(F)F)cc2)cc1. The Morgan fingerprint density at radius 1 is 0.738 bits per heavy atom. The lowest BCUT2D eigenvalue weighted by Crippen LogP contribution is -2.48. The van der Waals surface area contributed by atoms with Gasteiger partial charge in [-0.25, -0.2) is 8.78 Å². The second-order valence-electron chi connectivity index (χ2n) is 8.83. The van der Waals surface area contributed by atoms with E-state index in [1.807, 2.05) is 5.38 Å². The molecule has 0 fully saturated rings. The van der Waals surface area contributed by atoms with Crippen LogP contribution in [0, 0.1) is 23.7 Å². The fourth-order valence-electron chi connectivity index (χ4n) is 3.70. The molecule has 0 saturated heterocycles. The molecule has 0 aliphatic rings. The van der Waals surface area contributed by atoms with Gasteiger partial charge in [-0.1, -0.05) is 60.1 Å². The van der Waals surface area contributed by atoms with E-state index in [2.05, 4.69) is 23.7 Å². The Labute approximate surface area is 247 Å². The summed E-state index contributed by atoms with van der Waals surface area (Å²) >= 11 is 2.65. The second-order valence-corrected chi connectivity index (χ2v) is 10.7. The van der Waals surface area contributed by atoms with Gasteiger partial charge in [0.15, 0.2) is 24.6 Å². The van der Waals surface area contributed by atoms with E-state index in [4.69, 9.17) is 14.2 Å². The molecule has 0 aliphatic heterocycles. The third-order valence-corrected chi connectivity index (χ3v) is 7.51. The highest BCUT2D eigenvalue weighted by atomic mass is 32.1. The predicted molar refractivity (Wildman–Crippen MR) is 152 cm³/mol. The highest BCUT2D eigenvalue weighted by Gasteiger charge is 2.51. The van der Waals surface area contributed by atoms with E-state index in [0.717, 1.165) is 0 Å². The number of hydrogen-bond acceptors (Lipinski definition) is 7. The number of hydrogen-bond donors (Lipinski definition) is 2. The number of methoxy groups -OCH3 is 1. The number of thiophene rings is 2. The molecule has 2 heterocycles. The topological polar surface area (TPSA) is 68.2 Å². The minimum absolute atomic E-state index is 0.00428. The van der Waals surface area contributed by atoms with Crippen LogP contribution < -0.4 is 9.47 Å². The van der Waals surface area contributed by atoms with Crippen LogP contribution in [0.5, 0.6) is 11.5 Å². The first-order chi connectivity index (χ1) is 20.1. The van der Waals surface area contributed by atoms with Crippen LogP contribution in [0.3, 0.4) is 0 Å². The van der Waals surface area contributed by atoms with Crippen molar-refractivity contribution in [2.75, 3.05) is 20.5 Å². The average Bonchev–Trinajstić information content (AvgIpc) is 3.72. The van der Waals surface area contributed by atoms with Gasteiger partial charge in [0, 0.05) is 18.2 Å². The summed E-state index contributed by atoms with van der Waals surface area (Å²) in [6.07, 6.45) is -3.89. The smallest absolute Gasteiger partial charge is 0.340 e. The van der Waals surface area contributed by atoms with Crippen LogP contribution in [0.15, 0.2) is 83.6 Å². The highest BCUT2D eigenvalue weighted by Crippen LogP contribution is 2.42. The lowest BCUT2D eigenvalue weighted by Gasteiger charge is -2.37. The molecule has 0 spiro atoms. The molecule has 0 bridgehead atoms. The van der Waals surface area contributed by atoms with Crippen molar-refractivity contribution in [1.29, 1.82) is 0 Å². The van der Waals surface area contributed by atoms with E-state index < -0.39 is 30.2 Å². The number of halogens is 4. The molecule has 2 unspecified atom stereocenters. The van der Waals surface area contributed by atoms with Crippen LogP contribution in [-0.4, -0.2) is 43.1 Å². The van der Waals surface area contributed by atoms with Gasteiger partial charge < -0.3 is 24.4 Å². The normalized spacial score (nSPS) is 14.1. The van der Waals surface area contributed by atoms with Gasteiger partial charge in [-0.2, -0.15) is 8.78 Å². The Morgan fingerprint density at radius 3 is 1.57 bits per heavy atom. The third-order valence-electron chi connectivity index (χ3n) is 5.94. The molecular formula is C31H24F4O5S2. The van der Waals surface area contributed by atoms with Gasteiger partial charge in [0.25, 0.3) is 0 Å². The lowest BCUT2D eigenvalue weighted by molar-refractivity contribution is -0.148. The summed E-state index contributed by atoms with van der Waals surface area (Å²) < 4.78 is 67.1. The molecule has 2 aromatic carbocycles. The van der Waals surface area contributed by atoms with Crippen molar-refractivity contribution in [3.8, 4) is 35.2 Å². The van der Waals surface area contributed by atoms with Crippen LogP contribution in [0.4, 0.5) is 17.6 Å². The van der Waals surface area contributed by atoms with Crippen molar-refractivity contribution in [3.63, 3.8) is 0 Å².